The fourth-order valence-electron chi connectivity index (χ4n) is 2.57. The molecule has 20 heavy (non-hydrogen) atoms. The molecule has 3 nitrogen and oxygen atoms in total. The average molecular weight is 285 g/mol. The highest BCUT2D eigenvalue weighted by molar-refractivity contribution is 5.21. The molecule has 5 heteroatoms. The molecule has 1 aliphatic heterocycles. The Kier molecular flexibility index (Phi) is 5.88. The van der Waals surface area contributed by atoms with Crippen molar-refractivity contribution in [3.63, 3.8) is 0 Å². The van der Waals surface area contributed by atoms with Crippen LogP contribution in [0.2, 0.25) is 0 Å². The van der Waals surface area contributed by atoms with Gasteiger partial charge in [0.15, 0.2) is 11.6 Å². The van der Waals surface area contributed by atoms with Gasteiger partial charge in [0.1, 0.15) is 0 Å². The van der Waals surface area contributed by atoms with Crippen molar-refractivity contribution in [2.45, 2.75) is 18.9 Å². The number of rotatable bonds is 6. The quantitative estimate of drug-likeness (QED) is 0.815. The Morgan fingerprint density at radius 1 is 1.35 bits per heavy atom. The Hall–Kier alpha value is -1.04. The largest absolute Gasteiger partial charge is 0.383 e. The van der Waals surface area contributed by atoms with E-state index in [0.717, 1.165) is 32.0 Å². The maximum absolute atomic E-state index is 13.4. The molecule has 1 aromatic carbocycles. The molecule has 1 fully saturated rings. The first kappa shape index (κ1) is 15.4. The lowest BCUT2D eigenvalue weighted by atomic mass is 9.89. The van der Waals surface area contributed by atoms with Gasteiger partial charge in [0.05, 0.1) is 12.7 Å². The van der Waals surface area contributed by atoms with Crippen LogP contribution in [0.3, 0.4) is 0 Å². The van der Waals surface area contributed by atoms with E-state index in [2.05, 4.69) is 5.32 Å². The highest BCUT2D eigenvalue weighted by atomic mass is 19.2. The Morgan fingerprint density at radius 2 is 2.20 bits per heavy atom. The van der Waals surface area contributed by atoms with Crippen molar-refractivity contribution in [2.75, 3.05) is 33.4 Å². The smallest absolute Gasteiger partial charge is 0.159 e. The summed E-state index contributed by atoms with van der Waals surface area (Å²) in [6.45, 7) is 2.88. The topological polar surface area (TPSA) is 30.5 Å². The van der Waals surface area contributed by atoms with Crippen LogP contribution in [0.4, 0.5) is 8.78 Å². The fraction of sp³-hybridized carbons (Fsp3) is 0.600. The number of ether oxygens (including phenoxy) is 2. The van der Waals surface area contributed by atoms with Gasteiger partial charge < -0.3 is 14.8 Å². The molecule has 1 saturated heterocycles. The maximum atomic E-state index is 13.4. The SMILES string of the molecule is COCCNCC1CCCOC1c1ccc(F)c(F)c1. The van der Waals surface area contributed by atoms with Crippen molar-refractivity contribution >= 4 is 0 Å². The van der Waals surface area contributed by atoms with Crippen molar-refractivity contribution in [1.82, 2.24) is 5.32 Å². The molecule has 0 radical (unpaired) electrons. The lowest BCUT2D eigenvalue weighted by molar-refractivity contribution is -0.0282. The number of hydrogen-bond acceptors (Lipinski definition) is 3. The maximum Gasteiger partial charge on any atom is 0.159 e. The van der Waals surface area contributed by atoms with E-state index in [4.69, 9.17) is 9.47 Å². The van der Waals surface area contributed by atoms with Crippen molar-refractivity contribution in [3.05, 3.63) is 35.4 Å². The van der Waals surface area contributed by atoms with Gasteiger partial charge in [-0.3, -0.25) is 0 Å². The minimum atomic E-state index is -0.820. The Bertz CT molecular complexity index is 428. The van der Waals surface area contributed by atoms with E-state index in [1.54, 1.807) is 13.2 Å². The van der Waals surface area contributed by atoms with Gasteiger partial charge in [-0.05, 0) is 30.5 Å². The number of hydrogen-bond donors (Lipinski definition) is 1. The molecule has 0 aliphatic carbocycles. The van der Waals surface area contributed by atoms with E-state index in [1.165, 1.54) is 6.07 Å². The van der Waals surface area contributed by atoms with Gasteiger partial charge in [0, 0.05) is 32.7 Å². The number of halogens is 2. The van der Waals surface area contributed by atoms with E-state index in [9.17, 15) is 8.78 Å². The molecule has 0 spiro atoms. The molecule has 1 aliphatic rings. The molecule has 1 aromatic rings. The molecule has 0 amide bonds. The van der Waals surface area contributed by atoms with E-state index in [1.807, 2.05) is 0 Å². The highest BCUT2D eigenvalue weighted by Gasteiger charge is 2.27. The first-order valence-electron chi connectivity index (χ1n) is 6.98. The van der Waals surface area contributed by atoms with Crippen LogP contribution in [-0.2, 0) is 9.47 Å². The summed E-state index contributed by atoms with van der Waals surface area (Å²) < 4.78 is 37.1. The van der Waals surface area contributed by atoms with Crippen LogP contribution in [0.1, 0.15) is 24.5 Å². The molecule has 1 heterocycles. The van der Waals surface area contributed by atoms with Crippen LogP contribution in [-0.4, -0.2) is 33.4 Å². The monoisotopic (exact) mass is 285 g/mol. The second kappa shape index (κ2) is 7.67. The van der Waals surface area contributed by atoms with Crippen LogP contribution in [0, 0.1) is 17.6 Å². The summed E-state index contributed by atoms with van der Waals surface area (Å²) in [6, 6.07) is 4.02. The zero-order chi connectivity index (χ0) is 14.4. The molecule has 0 bridgehead atoms. The molecule has 2 atom stereocenters. The Balaban J connectivity index is 2.00. The number of nitrogens with one attached hydrogen (secondary N) is 1. The standard InChI is InChI=1S/C15H21F2NO2/c1-19-8-6-18-10-12-3-2-7-20-15(12)11-4-5-13(16)14(17)9-11/h4-5,9,12,15,18H,2-3,6-8,10H2,1H3. The lowest BCUT2D eigenvalue weighted by Crippen LogP contribution is -2.33. The van der Waals surface area contributed by atoms with Crippen LogP contribution in [0.25, 0.3) is 0 Å². The summed E-state index contributed by atoms with van der Waals surface area (Å²) in [7, 11) is 1.66. The van der Waals surface area contributed by atoms with Crippen LogP contribution >= 0.6 is 0 Å². The van der Waals surface area contributed by atoms with Crippen LogP contribution in [0.5, 0.6) is 0 Å². The van der Waals surface area contributed by atoms with Gasteiger partial charge in [-0.25, -0.2) is 8.78 Å². The highest BCUT2D eigenvalue weighted by Crippen LogP contribution is 2.33. The number of benzene rings is 1. The first-order valence-corrected chi connectivity index (χ1v) is 6.98. The second-order valence-corrected chi connectivity index (χ2v) is 5.06. The van der Waals surface area contributed by atoms with E-state index in [0.29, 0.717) is 18.8 Å². The normalized spacial score (nSPS) is 22.9. The van der Waals surface area contributed by atoms with Gasteiger partial charge in [0.25, 0.3) is 0 Å². The fourth-order valence-corrected chi connectivity index (χ4v) is 2.57. The van der Waals surface area contributed by atoms with Crippen molar-refractivity contribution < 1.29 is 18.3 Å². The molecular formula is C15H21F2NO2. The predicted octanol–water partition coefficient (Wildman–Crippen LogP) is 2.67. The summed E-state index contributed by atoms with van der Waals surface area (Å²) in [6.07, 6.45) is 1.84. The summed E-state index contributed by atoms with van der Waals surface area (Å²) in [4.78, 5) is 0. The summed E-state index contributed by atoms with van der Waals surface area (Å²) >= 11 is 0. The molecule has 0 saturated carbocycles. The zero-order valence-corrected chi connectivity index (χ0v) is 11.7. The van der Waals surface area contributed by atoms with E-state index < -0.39 is 11.6 Å². The van der Waals surface area contributed by atoms with Crippen molar-refractivity contribution in [1.29, 1.82) is 0 Å². The Labute approximate surface area is 118 Å². The Morgan fingerprint density at radius 3 is 2.95 bits per heavy atom. The summed E-state index contributed by atoms with van der Waals surface area (Å²) in [5.74, 6) is -1.37. The third kappa shape index (κ3) is 3.98. The molecule has 112 valence electrons. The lowest BCUT2D eigenvalue weighted by Gasteiger charge is -2.32. The predicted molar refractivity (Wildman–Crippen MR) is 72.5 cm³/mol. The minimum Gasteiger partial charge on any atom is -0.383 e. The first-order chi connectivity index (χ1) is 9.72. The van der Waals surface area contributed by atoms with Gasteiger partial charge in [0.2, 0.25) is 0 Å². The second-order valence-electron chi connectivity index (χ2n) is 5.06. The van der Waals surface area contributed by atoms with Gasteiger partial charge in [-0.15, -0.1) is 0 Å². The van der Waals surface area contributed by atoms with Crippen molar-refractivity contribution in [3.8, 4) is 0 Å². The molecule has 0 aromatic heterocycles. The van der Waals surface area contributed by atoms with Crippen LogP contribution < -0.4 is 5.32 Å². The van der Waals surface area contributed by atoms with Gasteiger partial charge in [-0.1, -0.05) is 6.07 Å². The van der Waals surface area contributed by atoms with E-state index in [-0.39, 0.29) is 12.0 Å². The third-order valence-electron chi connectivity index (χ3n) is 3.61. The molecule has 2 rings (SSSR count). The van der Waals surface area contributed by atoms with E-state index >= 15 is 0 Å². The van der Waals surface area contributed by atoms with Gasteiger partial charge in [-0.2, -0.15) is 0 Å². The van der Waals surface area contributed by atoms with Gasteiger partial charge >= 0.3 is 0 Å². The van der Waals surface area contributed by atoms with Crippen molar-refractivity contribution in [2.24, 2.45) is 5.92 Å². The molecule has 1 N–H and O–H groups in total. The minimum absolute atomic E-state index is 0.172. The number of methoxy groups -OCH3 is 1. The third-order valence-corrected chi connectivity index (χ3v) is 3.61. The summed E-state index contributed by atoms with van der Waals surface area (Å²) in [5, 5.41) is 3.31. The molecule has 2 unspecified atom stereocenters. The summed E-state index contributed by atoms with van der Waals surface area (Å²) in [5.41, 5.74) is 0.710. The average Bonchev–Trinajstić information content (AvgIpc) is 2.47. The van der Waals surface area contributed by atoms with Crippen LogP contribution in [0.15, 0.2) is 18.2 Å². The molecular weight excluding hydrogens is 264 g/mol. The zero-order valence-electron chi connectivity index (χ0n) is 11.7.